The zero-order chi connectivity index (χ0) is 13.2. The maximum absolute atomic E-state index is 6.45. The van der Waals surface area contributed by atoms with Gasteiger partial charge in [0.2, 0.25) is 0 Å². The van der Waals surface area contributed by atoms with E-state index in [0.29, 0.717) is 5.92 Å². The topological polar surface area (TPSA) is 54.7 Å². The summed E-state index contributed by atoms with van der Waals surface area (Å²) in [5, 5.41) is 0. The van der Waals surface area contributed by atoms with Crippen LogP contribution >= 0.6 is 15.9 Å². The number of aromatic amines is 1. The molecule has 1 saturated carbocycles. The molecule has 1 aromatic carbocycles. The Morgan fingerprint density at radius 2 is 2.21 bits per heavy atom. The minimum Gasteiger partial charge on any atom is -0.343 e. The van der Waals surface area contributed by atoms with Gasteiger partial charge in [-0.1, -0.05) is 22.0 Å². The van der Waals surface area contributed by atoms with Crippen LogP contribution in [-0.4, -0.2) is 9.97 Å². The van der Waals surface area contributed by atoms with E-state index in [9.17, 15) is 0 Å². The maximum atomic E-state index is 6.45. The number of benzene rings is 1. The van der Waals surface area contributed by atoms with E-state index in [4.69, 9.17) is 10.7 Å². The van der Waals surface area contributed by atoms with Crippen molar-refractivity contribution >= 4 is 15.9 Å². The molecule has 0 bridgehead atoms. The Labute approximate surface area is 120 Å². The van der Waals surface area contributed by atoms with Crippen LogP contribution < -0.4 is 5.73 Å². The lowest BCUT2D eigenvalue weighted by atomic mass is 9.96. The van der Waals surface area contributed by atoms with Crippen LogP contribution in [0, 0.1) is 5.92 Å². The molecule has 0 spiro atoms. The van der Waals surface area contributed by atoms with Crippen molar-refractivity contribution in [1.82, 2.24) is 9.97 Å². The number of nitrogens with two attached hydrogens (primary N) is 1. The van der Waals surface area contributed by atoms with Crippen molar-refractivity contribution in [3.8, 4) is 11.3 Å². The number of aromatic nitrogens is 2. The van der Waals surface area contributed by atoms with Crippen molar-refractivity contribution in [1.29, 1.82) is 0 Å². The van der Waals surface area contributed by atoms with E-state index in [1.807, 2.05) is 0 Å². The normalized spacial score (nSPS) is 19.9. The molecule has 4 heteroatoms. The number of halogens is 1. The third kappa shape index (κ3) is 1.70. The summed E-state index contributed by atoms with van der Waals surface area (Å²) in [6.07, 6.45) is 3.38. The van der Waals surface area contributed by atoms with Crippen LogP contribution in [-0.2, 0) is 12.0 Å². The lowest BCUT2D eigenvalue weighted by molar-refractivity contribution is 0.403. The first-order chi connectivity index (χ1) is 9.05. The Bertz CT molecular complexity index is 668. The van der Waals surface area contributed by atoms with E-state index in [1.165, 1.54) is 29.7 Å². The first-order valence-electron chi connectivity index (χ1n) is 6.73. The molecule has 0 aliphatic heterocycles. The third-order valence-electron chi connectivity index (χ3n) is 4.40. The molecule has 1 fully saturated rings. The Morgan fingerprint density at radius 3 is 2.95 bits per heavy atom. The highest BCUT2D eigenvalue weighted by atomic mass is 79.9. The van der Waals surface area contributed by atoms with Gasteiger partial charge in [-0.25, -0.2) is 4.98 Å². The molecule has 2 aromatic rings. The molecule has 3 nitrogen and oxygen atoms in total. The lowest BCUT2D eigenvalue weighted by Gasteiger charge is -2.21. The van der Waals surface area contributed by atoms with Crippen molar-refractivity contribution in [3.63, 3.8) is 0 Å². The number of nitrogens with zero attached hydrogens (tertiary/aromatic N) is 1. The van der Waals surface area contributed by atoms with E-state index in [1.54, 1.807) is 0 Å². The number of imidazole rings is 1. The molecule has 0 radical (unpaired) electrons. The second kappa shape index (κ2) is 3.70. The van der Waals surface area contributed by atoms with Crippen molar-refractivity contribution in [2.45, 2.75) is 31.7 Å². The van der Waals surface area contributed by atoms with Crippen LogP contribution in [0.25, 0.3) is 11.3 Å². The summed E-state index contributed by atoms with van der Waals surface area (Å²) in [7, 11) is 0. The van der Waals surface area contributed by atoms with Crippen molar-refractivity contribution < 1.29 is 0 Å². The molecule has 0 amide bonds. The van der Waals surface area contributed by atoms with Gasteiger partial charge in [-0.05, 0) is 43.4 Å². The van der Waals surface area contributed by atoms with Crippen LogP contribution in [0.15, 0.2) is 22.7 Å². The highest BCUT2D eigenvalue weighted by molar-refractivity contribution is 9.10. The lowest BCUT2D eigenvalue weighted by Crippen LogP contribution is -2.36. The van der Waals surface area contributed by atoms with Gasteiger partial charge in [0.05, 0.1) is 11.2 Å². The zero-order valence-corrected chi connectivity index (χ0v) is 12.4. The molecule has 0 saturated heterocycles. The summed E-state index contributed by atoms with van der Waals surface area (Å²) in [5.74, 6) is 1.54. The molecule has 2 aliphatic carbocycles. The highest BCUT2D eigenvalue weighted by Gasteiger charge is 2.42. The minimum atomic E-state index is -0.306. The maximum Gasteiger partial charge on any atom is 0.127 e. The fraction of sp³-hybridized carbons (Fsp3) is 0.400. The molecule has 1 heterocycles. The Morgan fingerprint density at radius 1 is 1.42 bits per heavy atom. The summed E-state index contributed by atoms with van der Waals surface area (Å²) in [4.78, 5) is 8.27. The van der Waals surface area contributed by atoms with Crippen LogP contribution in [0.3, 0.4) is 0 Å². The predicted molar refractivity (Wildman–Crippen MR) is 78.8 cm³/mol. The summed E-state index contributed by atoms with van der Waals surface area (Å²) in [6, 6.07) is 6.39. The average Bonchev–Trinajstić information content (AvgIpc) is 3.04. The molecule has 1 unspecified atom stereocenters. The van der Waals surface area contributed by atoms with Gasteiger partial charge in [0.1, 0.15) is 5.82 Å². The van der Waals surface area contributed by atoms with E-state index in [-0.39, 0.29) is 5.54 Å². The summed E-state index contributed by atoms with van der Waals surface area (Å²) in [5.41, 5.74) is 11.0. The van der Waals surface area contributed by atoms with Crippen LogP contribution in [0.1, 0.15) is 36.8 Å². The number of rotatable bonds is 2. The van der Waals surface area contributed by atoms with Gasteiger partial charge in [0.15, 0.2) is 0 Å². The van der Waals surface area contributed by atoms with Crippen molar-refractivity contribution in [2.75, 3.05) is 0 Å². The predicted octanol–water partition coefficient (Wildman–Crippen LogP) is 3.33. The fourth-order valence-electron chi connectivity index (χ4n) is 3.02. The SMILES string of the molecule is CC(N)(c1nc2c([nH]1)Cc1cc(Br)ccc1-2)C1CC1. The van der Waals surface area contributed by atoms with E-state index < -0.39 is 0 Å². The Kier molecular flexibility index (Phi) is 2.28. The molecular weight excluding hydrogens is 302 g/mol. The fourth-order valence-corrected chi connectivity index (χ4v) is 3.43. The largest absolute Gasteiger partial charge is 0.343 e. The van der Waals surface area contributed by atoms with Crippen LogP contribution in [0.2, 0.25) is 0 Å². The van der Waals surface area contributed by atoms with Crippen LogP contribution in [0.4, 0.5) is 0 Å². The van der Waals surface area contributed by atoms with Crippen molar-refractivity contribution in [2.24, 2.45) is 11.7 Å². The first kappa shape index (κ1) is 11.7. The molecule has 3 N–H and O–H groups in total. The molecule has 2 aliphatic rings. The molecule has 98 valence electrons. The molecule has 19 heavy (non-hydrogen) atoms. The number of fused-ring (bicyclic) bond motifs is 3. The van der Waals surface area contributed by atoms with Crippen molar-refractivity contribution in [3.05, 3.63) is 39.8 Å². The second-order valence-electron chi connectivity index (χ2n) is 5.95. The van der Waals surface area contributed by atoms with E-state index in [2.05, 4.69) is 46.0 Å². The third-order valence-corrected chi connectivity index (χ3v) is 4.90. The van der Waals surface area contributed by atoms with Crippen LogP contribution in [0.5, 0.6) is 0 Å². The Hall–Kier alpha value is -1.13. The summed E-state index contributed by atoms with van der Waals surface area (Å²) >= 11 is 3.52. The molecule has 1 atom stereocenters. The molecule has 1 aromatic heterocycles. The first-order valence-corrected chi connectivity index (χ1v) is 7.52. The smallest absolute Gasteiger partial charge is 0.127 e. The summed E-state index contributed by atoms with van der Waals surface area (Å²) in [6.45, 7) is 2.10. The number of hydrogen-bond acceptors (Lipinski definition) is 2. The summed E-state index contributed by atoms with van der Waals surface area (Å²) < 4.78 is 1.12. The number of H-pyrrole nitrogens is 1. The Balaban J connectivity index is 1.79. The van der Waals surface area contributed by atoms with E-state index >= 15 is 0 Å². The standard InChI is InChI=1S/C15H16BrN3/c1-15(17,9-2-3-9)14-18-12-7-8-6-10(16)4-5-11(8)13(12)19-14/h4-6,9H,2-3,7,17H2,1H3,(H,18,19). The van der Waals surface area contributed by atoms with Gasteiger partial charge in [-0.15, -0.1) is 0 Å². The van der Waals surface area contributed by atoms with Gasteiger partial charge in [0, 0.05) is 22.2 Å². The second-order valence-corrected chi connectivity index (χ2v) is 6.86. The van der Waals surface area contributed by atoms with Gasteiger partial charge in [-0.2, -0.15) is 0 Å². The van der Waals surface area contributed by atoms with Gasteiger partial charge < -0.3 is 10.7 Å². The molecular formula is C15H16BrN3. The quantitative estimate of drug-likeness (QED) is 0.761. The highest BCUT2D eigenvalue weighted by Crippen LogP contribution is 2.45. The van der Waals surface area contributed by atoms with Gasteiger partial charge in [-0.3, -0.25) is 0 Å². The molecule has 4 rings (SSSR count). The van der Waals surface area contributed by atoms with Gasteiger partial charge in [0.25, 0.3) is 0 Å². The van der Waals surface area contributed by atoms with Gasteiger partial charge >= 0.3 is 0 Å². The zero-order valence-electron chi connectivity index (χ0n) is 10.8. The monoisotopic (exact) mass is 317 g/mol. The number of nitrogens with one attached hydrogen (secondary N) is 1. The van der Waals surface area contributed by atoms with E-state index in [0.717, 1.165) is 22.4 Å². The number of hydrogen-bond donors (Lipinski definition) is 2. The average molecular weight is 318 g/mol. The minimum absolute atomic E-state index is 0.306.